The molecule has 0 saturated carbocycles. The van der Waals surface area contributed by atoms with Gasteiger partial charge in [-0.1, -0.05) is 0 Å². The normalized spacial score (nSPS) is 11.8. The minimum absolute atomic E-state index is 1.19. The Morgan fingerprint density at radius 1 is 2.00 bits per heavy atom. The molecule has 0 aromatic carbocycles. The van der Waals surface area contributed by atoms with Gasteiger partial charge in [0.25, 0.3) is 0 Å². The molecule has 1 radical (unpaired) electrons. The van der Waals surface area contributed by atoms with Crippen molar-refractivity contribution in [2.45, 2.75) is 0 Å². The maximum atomic E-state index is 9.66. The minimum atomic E-state index is -2.89. The Balaban J connectivity index is 3.47. The predicted molar refractivity (Wildman–Crippen MR) is 21.1 cm³/mol. The number of hydrogen-bond acceptors (Lipinski definition) is 1. The van der Waals surface area contributed by atoms with Gasteiger partial charge in [0, 0.05) is 13.3 Å². The fourth-order valence-corrected chi connectivity index (χ4v) is 0. The Labute approximate surface area is 31.3 Å². The van der Waals surface area contributed by atoms with Crippen LogP contribution >= 0.6 is 7.37 Å². The Morgan fingerprint density at radius 2 is 2.00 bits per heavy atom. The van der Waals surface area contributed by atoms with Crippen LogP contribution in [0.2, 0.25) is 0 Å². The van der Waals surface area contributed by atoms with E-state index in [0.29, 0.717) is 0 Å². The van der Waals surface area contributed by atoms with Crippen LogP contribution in [0.15, 0.2) is 0 Å². The van der Waals surface area contributed by atoms with Crippen molar-refractivity contribution in [2.24, 2.45) is 0 Å². The van der Waals surface area contributed by atoms with Gasteiger partial charge in [-0.25, -0.2) is 0 Å². The van der Waals surface area contributed by atoms with Crippen LogP contribution in [0.3, 0.4) is 0 Å². The molecule has 1 N–H and O–H groups in total. The molecule has 31 valence electrons. The average molecular weight is 93.0 g/mol. The van der Waals surface area contributed by atoms with Crippen molar-refractivity contribution in [1.82, 2.24) is 0 Å². The van der Waals surface area contributed by atoms with Crippen molar-refractivity contribution in [3.8, 4) is 0 Å². The van der Waals surface area contributed by atoms with E-state index in [1.54, 1.807) is 0 Å². The highest BCUT2D eigenvalue weighted by Gasteiger charge is 1.92. The first-order chi connectivity index (χ1) is 2.00. The highest BCUT2D eigenvalue weighted by atomic mass is 31.2. The summed E-state index contributed by atoms with van der Waals surface area (Å²) >= 11 is 0. The lowest BCUT2D eigenvalue weighted by molar-refractivity contribution is 0.495. The summed E-state index contributed by atoms with van der Waals surface area (Å²) < 4.78 is 9.66. The van der Waals surface area contributed by atoms with Crippen molar-refractivity contribution in [1.29, 1.82) is 0 Å². The van der Waals surface area contributed by atoms with E-state index in [4.69, 9.17) is 4.89 Å². The first-order valence-corrected chi connectivity index (χ1v) is 3.44. The molecule has 0 amide bonds. The zero-order valence-corrected chi connectivity index (χ0v) is 3.90. The fourth-order valence-electron chi connectivity index (χ4n) is 0. The highest BCUT2D eigenvalue weighted by molar-refractivity contribution is 7.58. The van der Waals surface area contributed by atoms with Crippen molar-refractivity contribution in [3.63, 3.8) is 0 Å². The third kappa shape index (κ3) is 557. The third-order valence-electron chi connectivity index (χ3n) is 0. The monoisotopic (exact) mass is 93.0 g/mol. The zero-order valence-electron chi connectivity index (χ0n) is 3.01. The van der Waals surface area contributed by atoms with E-state index in [1.165, 1.54) is 6.66 Å². The molecule has 0 heterocycles. The second kappa shape index (κ2) is 1.11. The molecule has 1 atom stereocenters. The second-order valence-corrected chi connectivity index (χ2v) is 3.15. The maximum Gasteiger partial charge on any atom is 0.198 e. The Kier molecular flexibility index (Phi) is 1.16. The molecular formula is C2H6O2P. The molecule has 0 aliphatic carbocycles. The van der Waals surface area contributed by atoms with E-state index in [2.05, 4.69) is 6.66 Å². The molecule has 0 rings (SSSR count). The topological polar surface area (TPSA) is 37.3 Å². The van der Waals surface area contributed by atoms with Crippen molar-refractivity contribution < 1.29 is 9.46 Å². The Morgan fingerprint density at radius 3 is 2.00 bits per heavy atom. The molecule has 0 aliphatic rings. The van der Waals surface area contributed by atoms with Crippen LogP contribution in [0, 0.1) is 6.66 Å². The largest absolute Gasteiger partial charge is 0.344 e. The third-order valence-corrected chi connectivity index (χ3v) is 0. The summed E-state index contributed by atoms with van der Waals surface area (Å²) in [6.07, 6.45) is 0. The van der Waals surface area contributed by atoms with Crippen LogP contribution < -0.4 is 0 Å². The first-order valence-electron chi connectivity index (χ1n) is 1.15. The summed E-state index contributed by atoms with van der Waals surface area (Å²) in [4.78, 5) is 7.97. The van der Waals surface area contributed by atoms with E-state index in [0.717, 1.165) is 0 Å². The zero-order chi connectivity index (χ0) is 4.50. The van der Waals surface area contributed by atoms with Gasteiger partial charge in [0.2, 0.25) is 0 Å². The van der Waals surface area contributed by atoms with Crippen LogP contribution in [-0.4, -0.2) is 11.6 Å². The number of hydrogen-bond donors (Lipinski definition) is 1. The summed E-state index contributed by atoms with van der Waals surface area (Å²) in [7, 11) is -2.89. The molecule has 0 saturated heterocycles. The van der Waals surface area contributed by atoms with Gasteiger partial charge in [-0.15, -0.1) is 0 Å². The molecule has 2 nitrogen and oxygen atoms in total. The van der Waals surface area contributed by atoms with Crippen molar-refractivity contribution in [3.05, 3.63) is 6.66 Å². The smallest absolute Gasteiger partial charge is 0.198 e. The lowest BCUT2D eigenvalue weighted by Gasteiger charge is -1.85. The summed E-state index contributed by atoms with van der Waals surface area (Å²) in [5, 5.41) is 0. The first kappa shape index (κ1) is 5.19. The Bertz CT molecular complexity index is 53.8. The molecule has 0 bridgehead atoms. The van der Waals surface area contributed by atoms with Crippen LogP contribution in [0.25, 0.3) is 0 Å². The van der Waals surface area contributed by atoms with Gasteiger partial charge in [-0.3, -0.25) is 4.57 Å². The lowest BCUT2D eigenvalue weighted by atomic mass is 11.9. The summed E-state index contributed by atoms with van der Waals surface area (Å²) in [6.45, 7) is 4.07. The van der Waals surface area contributed by atoms with Crippen LogP contribution in [0.4, 0.5) is 0 Å². The van der Waals surface area contributed by atoms with E-state index >= 15 is 0 Å². The molecular weight excluding hydrogens is 87.0 g/mol. The van der Waals surface area contributed by atoms with Crippen LogP contribution in [0.1, 0.15) is 0 Å². The van der Waals surface area contributed by atoms with Gasteiger partial charge in [0.15, 0.2) is 7.37 Å². The molecule has 1 unspecified atom stereocenters. The van der Waals surface area contributed by atoms with Gasteiger partial charge < -0.3 is 4.89 Å². The SMILES string of the molecule is [CH2]P(C)(=O)O. The van der Waals surface area contributed by atoms with Gasteiger partial charge in [0.05, 0.1) is 0 Å². The van der Waals surface area contributed by atoms with Crippen LogP contribution in [-0.2, 0) is 4.57 Å². The molecule has 0 aliphatic heterocycles. The van der Waals surface area contributed by atoms with E-state index in [9.17, 15) is 4.57 Å². The maximum absolute atomic E-state index is 9.66. The number of rotatable bonds is 0. The fraction of sp³-hybridized carbons (Fsp3) is 0.500. The van der Waals surface area contributed by atoms with Gasteiger partial charge in [0.1, 0.15) is 0 Å². The minimum Gasteiger partial charge on any atom is -0.344 e. The summed E-state index contributed by atoms with van der Waals surface area (Å²) in [5.74, 6) is 0. The highest BCUT2D eigenvalue weighted by Crippen LogP contribution is 2.30. The molecule has 0 fully saturated rings. The van der Waals surface area contributed by atoms with E-state index in [-0.39, 0.29) is 0 Å². The van der Waals surface area contributed by atoms with Gasteiger partial charge in [-0.2, -0.15) is 0 Å². The van der Waals surface area contributed by atoms with Gasteiger partial charge in [-0.05, 0) is 0 Å². The van der Waals surface area contributed by atoms with Crippen molar-refractivity contribution in [2.75, 3.05) is 6.66 Å². The lowest BCUT2D eigenvalue weighted by Crippen LogP contribution is -1.58. The van der Waals surface area contributed by atoms with E-state index in [1.807, 2.05) is 0 Å². The standard InChI is InChI=1S/C2H6O2P/c1-5(2,3)4/h1H2,2H3,(H,3,4). The predicted octanol–water partition coefficient (Wildman–Crippen LogP) is 0.678. The van der Waals surface area contributed by atoms with Gasteiger partial charge >= 0.3 is 0 Å². The quantitative estimate of drug-likeness (QED) is 0.447. The molecule has 0 aromatic rings. The Hall–Kier alpha value is 0.190. The second-order valence-electron chi connectivity index (χ2n) is 1.05. The van der Waals surface area contributed by atoms with Crippen LogP contribution in [0.5, 0.6) is 0 Å². The van der Waals surface area contributed by atoms with E-state index < -0.39 is 7.37 Å². The summed E-state index contributed by atoms with van der Waals surface area (Å²) in [6, 6.07) is 0. The average Bonchev–Trinajstić information content (AvgIpc) is 0.722. The molecule has 0 aromatic heterocycles. The molecule has 5 heavy (non-hydrogen) atoms. The summed E-state index contributed by atoms with van der Waals surface area (Å²) in [5.41, 5.74) is 0. The molecule has 3 heteroatoms. The van der Waals surface area contributed by atoms with Crippen molar-refractivity contribution >= 4 is 7.37 Å². The molecule has 0 spiro atoms.